The topological polar surface area (TPSA) is 55.9 Å². The van der Waals surface area contributed by atoms with Crippen LogP contribution in [0.1, 0.15) is 44.9 Å². The van der Waals surface area contributed by atoms with E-state index in [1.807, 2.05) is 12.4 Å². The van der Waals surface area contributed by atoms with Crippen molar-refractivity contribution >= 4 is 0 Å². The third kappa shape index (κ3) is 3.07. The maximum atomic E-state index is 5.72. The van der Waals surface area contributed by atoms with Crippen molar-refractivity contribution in [2.24, 2.45) is 11.8 Å². The van der Waals surface area contributed by atoms with E-state index >= 15 is 0 Å². The first kappa shape index (κ1) is 12.6. The summed E-state index contributed by atoms with van der Waals surface area (Å²) in [5, 5.41) is 0. The van der Waals surface area contributed by atoms with Crippen LogP contribution in [0.25, 0.3) is 0 Å². The lowest BCUT2D eigenvalue weighted by Crippen LogP contribution is -2.43. The molecule has 4 nitrogen and oxygen atoms in total. The van der Waals surface area contributed by atoms with E-state index < -0.39 is 0 Å². The molecule has 2 rings (SSSR count). The SMILES string of the molecule is CCn1ccnc1CC(NN)C1CCCCC1. The molecule has 17 heavy (non-hydrogen) atoms. The van der Waals surface area contributed by atoms with Crippen LogP contribution in [-0.4, -0.2) is 15.6 Å². The molecule has 0 aliphatic heterocycles. The molecule has 1 unspecified atom stereocenters. The third-order valence-electron chi connectivity index (χ3n) is 3.98. The second-order valence-corrected chi connectivity index (χ2v) is 5.00. The highest BCUT2D eigenvalue weighted by Crippen LogP contribution is 2.27. The zero-order chi connectivity index (χ0) is 12.1. The molecule has 1 atom stereocenters. The first-order valence-electron chi connectivity index (χ1n) is 6.81. The summed E-state index contributed by atoms with van der Waals surface area (Å²) < 4.78 is 2.20. The Balaban J connectivity index is 1.98. The van der Waals surface area contributed by atoms with Crippen molar-refractivity contribution in [2.45, 2.75) is 58.0 Å². The number of imidazole rings is 1. The number of nitrogens with one attached hydrogen (secondary N) is 1. The Morgan fingerprint density at radius 1 is 1.47 bits per heavy atom. The summed E-state index contributed by atoms with van der Waals surface area (Å²) >= 11 is 0. The van der Waals surface area contributed by atoms with E-state index in [0.29, 0.717) is 6.04 Å². The van der Waals surface area contributed by atoms with Crippen molar-refractivity contribution in [2.75, 3.05) is 0 Å². The van der Waals surface area contributed by atoms with Crippen molar-refractivity contribution in [1.82, 2.24) is 15.0 Å². The van der Waals surface area contributed by atoms with Gasteiger partial charge in [0.2, 0.25) is 0 Å². The van der Waals surface area contributed by atoms with Gasteiger partial charge in [-0.05, 0) is 25.7 Å². The molecule has 1 aliphatic carbocycles. The van der Waals surface area contributed by atoms with Gasteiger partial charge in [0.15, 0.2) is 0 Å². The highest BCUT2D eigenvalue weighted by atomic mass is 15.2. The van der Waals surface area contributed by atoms with Crippen molar-refractivity contribution in [1.29, 1.82) is 0 Å². The first-order valence-corrected chi connectivity index (χ1v) is 6.81. The van der Waals surface area contributed by atoms with Gasteiger partial charge in [-0.15, -0.1) is 0 Å². The number of nitrogens with two attached hydrogens (primary N) is 1. The number of aryl methyl sites for hydroxylation is 1. The minimum Gasteiger partial charge on any atom is -0.335 e. The first-order chi connectivity index (χ1) is 8.35. The van der Waals surface area contributed by atoms with Crippen molar-refractivity contribution in [3.05, 3.63) is 18.2 Å². The maximum Gasteiger partial charge on any atom is 0.110 e. The van der Waals surface area contributed by atoms with Crippen molar-refractivity contribution in [3.63, 3.8) is 0 Å². The lowest BCUT2D eigenvalue weighted by atomic mass is 9.83. The zero-order valence-corrected chi connectivity index (χ0v) is 10.7. The normalized spacial score (nSPS) is 19.4. The van der Waals surface area contributed by atoms with E-state index in [0.717, 1.165) is 24.7 Å². The van der Waals surface area contributed by atoms with Gasteiger partial charge in [0.05, 0.1) is 0 Å². The smallest absolute Gasteiger partial charge is 0.110 e. The van der Waals surface area contributed by atoms with Crippen LogP contribution in [0.15, 0.2) is 12.4 Å². The molecule has 96 valence electrons. The van der Waals surface area contributed by atoms with E-state index in [4.69, 9.17) is 5.84 Å². The minimum absolute atomic E-state index is 0.378. The van der Waals surface area contributed by atoms with Crippen molar-refractivity contribution < 1.29 is 0 Å². The average molecular weight is 236 g/mol. The van der Waals surface area contributed by atoms with Crippen LogP contribution in [0.3, 0.4) is 0 Å². The quantitative estimate of drug-likeness (QED) is 0.606. The number of hydrogen-bond acceptors (Lipinski definition) is 3. The standard InChI is InChI=1S/C13H24N4/c1-2-17-9-8-15-13(17)10-12(16-14)11-6-4-3-5-7-11/h8-9,11-12,16H,2-7,10,14H2,1H3. The average Bonchev–Trinajstić information content (AvgIpc) is 2.84. The largest absolute Gasteiger partial charge is 0.335 e. The zero-order valence-electron chi connectivity index (χ0n) is 10.7. The molecule has 0 radical (unpaired) electrons. The molecule has 1 aromatic heterocycles. The molecule has 1 aromatic rings. The molecule has 1 saturated carbocycles. The molecule has 0 aromatic carbocycles. The van der Waals surface area contributed by atoms with Gasteiger partial charge in [-0.3, -0.25) is 11.3 Å². The Labute approximate surface area is 104 Å². The summed E-state index contributed by atoms with van der Waals surface area (Å²) in [7, 11) is 0. The molecule has 4 heteroatoms. The summed E-state index contributed by atoms with van der Waals surface area (Å²) in [5.41, 5.74) is 3.01. The fourth-order valence-electron chi connectivity index (χ4n) is 2.91. The van der Waals surface area contributed by atoms with Crippen LogP contribution in [-0.2, 0) is 13.0 Å². The van der Waals surface area contributed by atoms with Gasteiger partial charge in [-0.2, -0.15) is 0 Å². The lowest BCUT2D eigenvalue weighted by Gasteiger charge is -2.29. The van der Waals surface area contributed by atoms with E-state index in [-0.39, 0.29) is 0 Å². The van der Waals surface area contributed by atoms with Crippen LogP contribution < -0.4 is 11.3 Å². The van der Waals surface area contributed by atoms with Gasteiger partial charge in [0.25, 0.3) is 0 Å². The molecular formula is C13H24N4. The van der Waals surface area contributed by atoms with Crippen LogP contribution in [0.2, 0.25) is 0 Å². The van der Waals surface area contributed by atoms with Crippen molar-refractivity contribution in [3.8, 4) is 0 Å². The van der Waals surface area contributed by atoms with Gasteiger partial charge in [-0.1, -0.05) is 19.3 Å². The molecule has 0 spiro atoms. The Morgan fingerprint density at radius 3 is 2.88 bits per heavy atom. The Bertz CT molecular complexity index is 328. The van der Waals surface area contributed by atoms with Crippen LogP contribution in [0.4, 0.5) is 0 Å². The number of nitrogens with zero attached hydrogens (tertiary/aromatic N) is 2. The van der Waals surface area contributed by atoms with Crippen LogP contribution >= 0.6 is 0 Å². The van der Waals surface area contributed by atoms with E-state index in [1.54, 1.807) is 0 Å². The fourth-order valence-corrected chi connectivity index (χ4v) is 2.91. The van der Waals surface area contributed by atoms with E-state index in [9.17, 15) is 0 Å². The Morgan fingerprint density at radius 2 is 2.24 bits per heavy atom. The molecule has 0 amide bonds. The minimum atomic E-state index is 0.378. The summed E-state index contributed by atoms with van der Waals surface area (Å²) in [5.74, 6) is 7.60. The highest BCUT2D eigenvalue weighted by Gasteiger charge is 2.24. The van der Waals surface area contributed by atoms with Gasteiger partial charge in [0, 0.05) is 31.4 Å². The molecule has 1 aliphatic rings. The van der Waals surface area contributed by atoms with Crippen LogP contribution in [0, 0.1) is 5.92 Å². The summed E-state index contributed by atoms with van der Waals surface area (Å²) in [6.45, 7) is 3.13. The Kier molecular flexibility index (Phi) is 4.57. The number of rotatable bonds is 5. The van der Waals surface area contributed by atoms with Gasteiger partial charge in [0.1, 0.15) is 5.82 Å². The number of hydrazine groups is 1. The van der Waals surface area contributed by atoms with Gasteiger partial charge in [-0.25, -0.2) is 4.98 Å². The van der Waals surface area contributed by atoms with Gasteiger partial charge < -0.3 is 4.57 Å². The second kappa shape index (κ2) is 6.17. The number of aromatic nitrogens is 2. The monoisotopic (exact) mass is 236 g/mol. The Hall–Kier alpha value is -0.870. The molecule has 0 bridgehead atoms. The number of hydrogen-bond donors (Lipinski definition) is 2. The molecule has 3 N–H and O–H groups in total. The fraction of sp³-hybridized carbons (Fsp3) is 0.769. The predicted octanol–water partition coefficient (Wildman–Crippen LogP) is 1.86. The molecular weight excluding hydrogens is 212 g/mol. The highest BCUT2D eigenvalue weighted by molar-refractivity contribution is 4.97. The summed E-state index contributed by atoms with van der Waals surface area (Å²) in [6.07, 6.45) is 11.6. The molecule has 1 heterocycles. The maximum absolute atomic E-state index is 5.72. The predicted molar refractivity (Wildman–Crippen MR) is 69.3 cm³/mol. The van der Waals surface area contributed by atoms with Crippen LogP contribution in [0.5, 0.6) is 0 Å². The molecule has 0 saturated heterocycles. The van der Waals surface area contributed by atoms with E-state index in [2.05, 4.69) is 21.9 Å². The van der Waals surface area contributed by atoms with Gasteiger partial charge >= 0.3 is 0 Å². The summed E-state index contributed by atoms with van der Waals surface area (Å²) in [4.78, 5) is 4.44. The summed E-state index contributed by atoms with van der Waals surface area (Å²) in [6, 6.07) is 0.378. The lowest BCUT2D eigenvalue weighted by molar-refractivity contribution is 0.265. The second-order valence-electron chi connectivity index (χ2n) is 5.00. The third-order valence-corrected chi connectivity index (χ3v) is 3.98. The van der Waals surface area contributed by atoms with E-state index in [1.165, 1.54) is 32.1 Å². The molecule has 1 fully saturated rings.